The van der Waals surface area contributed by atoms with E-state index in [1.165, 1.54) is 0 Å². The van der Waals surface area contributed by atoms with Crippen LogP contribution in [0.1, 0.15) is 29.9 Å². The molecule has 0 spiro atoms. The third-order valence-corrected chi connectivity index (χ3v) is 6.25. The molecule has 168 valence electrons. The van der Waals surface area contributed by atoms with Gasteiger partial charge in [-0.15, -0.1) is 0 Å². The number of amides is 4. The van der Waals surface area contributed by atoms with Crippen molar-refractivity contribution >= 4 is 40.8 Å². The molecule has 1 unspecified atom stereocenters. The van der Waals surface area contributed by atoms with Crippen molar-refractivity contribution in [2.24, 2.45) is 0 Å². The summed E-state index contributed by atoms with van der Waals surface area (Å²) in [5.74, 6) is -0.188. The average Bonchev–Trinajstić information content (AvgIpc) is 2.73. The zero-order valence-corrected chi connectivity index (χ0v) is 18.7. The molecule has 0 aromatic heterocycles. The van der Waals surface area contributed by atoms with Crippen molar-refractivity contribution in [1.82, 2.24) is 10.6 Å². The van der Waals surface area contributed by atoms with Crippen LogP contribution in [0.5, 0.6) is 5.75 Å². The molecule has 2 saturated heterocycles. The van der Waals surface area contributed by atoms with Crippen LogP contribution in [-0.2, 0) is 9.59 Å². The van der Waals surface area contributed by atoms with Crippen LogP contribution in [0.3, 0.4) is 0 Å². The number of halogens is 1. The summed E-state index contributed by atoms with van der Waals surface area (Å²) >= 11 is 6.16. The first kappa shape index (κ1) is 22.0. The van der Waals surface area contributed by atoms with E-state index >= 15 is 0 Å². The standard InChI is InChI=1S/C23H25ClN4O4/c1-13-9-20(32-2)19(10-18(13)24)26-23(31)25-15-11-28(12-15)16-5-3-14(4-6-16)17-7-8-21(29)27-22(17)30/h3-6,9-10,15,17H,7-8,11-12H2,1-2H3,(H2,25,26,31)(H,27,29,30). The van der Waals surface area contributed by atoms with Crippen LogP contribution in [0.2, 0.25) is 5.02 Å². The van der Waals surface area contributed by atoms with Gasteiger partial charge in [-0.3, -0.25) is 14.9 Å². The summed E-state index contributed by atoms with van der Waals surface area (Å²) in [6.07, 6.45) is 0.895. The van der Waals surface area contributed by atoms with Gasteiger partial charge in [-0.25, -0.2) is 4.79 Å². The van der Waals surface area contributed by atoms with E-state index in [1.54, 1.807) is 19.2 Å². The Morgan fingerprint density at radius 1 is 1.19 bits per heavy atom. The highest BCUT2D eigenvalue weighted by Crippen LogP contribution is 2.31. The first-order valence-corrected chi connectivity index (χ1v) is 10.8. The number of rotatable bonds is 5. The minimum atomic E-state index is -0.318. The Labute approximate surface area is 191 Å². The monoisotopic (exact) mass is 456 g/mol. The number of aryl methyl sites for hydroxylation is 1. The second-order valence-electron chi connectivity index (χ2n) is 8.10. The van der Waals surface area contributed by atoms with Gasteiger partial charge in [0, 0.05) is 30.2 Å². The Balaban J connectivity index is 1.29. The van der Waals surface area contributed by atoms with Crippen LogP contribution in [-0.4, -0.2) is 44.1 Å². The third-order valence-electron chi connectivity index (χ3n) is 5.85. The molecule has 4 rings (SSSR count). The molecule has 2 fully saturated rings. The second-order valence-corrected chi connectivity index (χ2v) is 8.50. The van der Waals surface area contributed by atoms with Crippen LogP contribution in [0.15, 0.2) is 36.4 Å². The van der Waals surface area contributed by atoms with E-state index in [0.29, 0.717) is 42.4 Å². The van der Waals surface area contributed by atoms with Crippen molar-refractivity contribution in [3.05, 3.63) is 52.5 Å². The number of carbonyl (C=O) groups is 3. The molecular weight excluding hydrogens is 432 g/mol. The van der Waals surface area contributed by atoms with Crippen molar-refractivity contribution in [3.63, 3.8) is 0 Å². The fraction of sp³-hybridized carbons (Fsp3) is 0.348. The number of benzene rings is 2. The van der Waals surface area contributed by atoms with Crippen LogP contribution < -0.4 is 25.6 Å². The van der Waals surface area contributed by atoms with Gasteiger partial charge in [-0.1, -0.05) is 23.7 Å². The molecule has 2 aromatic carbocycles. The van der Waals surface area contributed by atoms with Crippen molar-refractivity contribution in [2.45, 2.75) is 31.7 Å². The Morgan fingerprint density at radius 3 is 2.56 bits per heavy atom. The smallest absolute Gasteiger partial charge is 0.319 e. The molecule has 1 atom stereocenters. The lowest BCUT2D eigenvalue weighted by Gasteiger charge is -2.41. The quantitative estimate of drug-likeness (QED) is 0.600. The van der Waals surface area contributed by atoms with Crippen LogP contribution >= 0.6 is 11.6 Å². The molecule has 32 heavy (non-hydrogen) atoms. The topological polar surface area (TPSA) is 99.8 Å². The van der Waals surface area contributed by atoms with E-state index in [4.69, 9.17) is 16.3 Å². The van der Waals surface area contributed by atoms with Gasteiger partial charge in [-0.05, 0) is 48.7 Å². The predicted octanol–water partition coefficient (Wildman–Crippen LogP) is 3.19. The van der Waals surface area contributed by atoms with Gasteiger partial charge in [0.05, 0.1) is 24.8 Å². The Bertz CT molecular complexity index is 1050. The SMILES string of the molecule is COc1cc(C)c(Cl)cc1NC(=O)NC1CN(c2ccc(C3CCC(=O)NC3=O)cc2)C1. The Morgan fingerprint density at radius 2 is 1.91 bits per heavy atom. The number of carbonyl (C=O) groups excluding carboxylic acids is 3. The fourth-order valence-corrected chi connectivity index (χ4v) is 4.14. The normalized spacial score (nSPS) is 18.6. The van der Waals surface area contributed by atoms with Crippen LogP contribution in [0.25, 0.3) is 0 Å². The van der Waals surface area contributed by atoms with Crippen LogP contribution in [0, 0.1) is 6.92 Å². The number of anilines is 2. The number of methoxy groups -OCH3 is 1. The summed E-state index contributed by atoms with van der Waals surface area (Å²) in [7, 11) is 1.54. The highest BCUT2D eigenvalue weighted by atomic mass is 35.5. The molecule has 0 aliphatic carbocycles. The molecule has 3 N–H and O–H groups in total. The van der Waals surface area contributed by atoms with Crippen molar-refractivity contribution in [2.75, 3.05) is 30.4 Å². The van der Waals surface area contributed by atoms with Gasteiger partial charge in [0.25, 0.3) is 0 Å². The lowest BCUT2D eigenvalue weighted by Crippen LogP contribution is -2.60. The predicted molar refractivity (Wildman–Crippen MR) is 122 cm³/mol. The molecular formula is C23H25ClN4O4. The lowest BCUT2D eigenvalue weighted by molar-refractivity contribution is -0.134. The Hall–Kier alpha value is -3.26. The second kappa shape index (κ2) is 9.08. The zero-order chi connectivity index (χ0) is 22.8. The molecule has 0 bridgehead atoms. The first-order chi connectivity index (χ1) is 15.3. The summed E-state index contributed by atoms with van der Waals surface area (Å²) in [6.45, 7) is 3.23. The number of nitrogens with zero attached hydrogens (tertiary/aromatic N) is 1. The summed E-state index contributed by atoms with van der Waals surface area (Å²) < 4.78 is 5.32. The fourth-order valence-electron chi connectivity index (χ4n) is 3.98. The number of ether oxygens (including phenoxy) is 1. The average molecular weight is 457 g/mol. The Kier molecular flexibility index (Phi) is 6.23. The third kappa shape index (κ3) is 4.65. The van der Waals surface area contributed by atoms with Gasteiger partial charge in [0.1, 0.15) is 5.75 Å². The molecule has 2 aromatic rings. The van der Waals surface area contributed by atoms with E-state index in [1.807, 2.05) is 31.2 Å². The first-order valence-electron chi connectivity index (χ1n) is 10.4. The van der Waals surface area contributed by atoms with Crippen LogP contribution in [0.4, 0.5) is 16.2 Å². The number of hydrogen-bond donors (Lipinski definition) is 3. The van der Waals surface area contributed by atoms with Crippen molar-refractivity contribution in [1.29, 1.82) is 0 Å². The molecule has 2 heterocycles. The van der Waals surface area contributed by atoms with E-state index in [9.17, 15) is 14.4 Å². The molecule has 2 aliphatic heterocycles. The summed E-state index contributed by atoms with van der Waals surface area (Å²) in [5.41, 5.74) is 3.30. The van der Waals surface area contributed by atoms with E-state index in [2.05, 4.69) is 20.9 Å². The maximum absolute atomic E-state index is 12.4. The van der Waals surface area contributed by atoms with Gasteiger partial charge in [0.15, 0.2) is 0 Å². The number of imide groups is 1. The number of nitrogens with one attached hydrogen (secondary N) is 3. The summed E-state index contributed by atoms with van der Waals surface area (Å²) in [6, 6.07) is 10.9. The number of urea groups is 1. The highest BCUT2D eigenvalue weighted by Gasteiger charge is 2.30. The summed E-state index contributed by atoms with van der Waals surface area (Å²) in [4.78, 5) is 37.9. The van der Waals surface area contributed by atoms with Gasteiger partial charge in [-0.2, -0.15) is 0 Å². The van der Waals surface area contributed by atoms with Gasteiger partial charge in [0.2, 0.25) is 11.8 Å². The number of hydrogen-bond acceptors (Lipinski definition) is 5. The highest BCUT2D eigenvalue weighted by molar-refractivity contribution is 6.31. The maximum atomic E-state index is 12.4. The minimum absolute atomic E-state index is 0.0109. The largest absolute Gasteiger partial charge is 0.495 e. The molecule has 2 aliphatic rings. The minimum Gasteiger partial charge on any atom is -0.495 e. The molecule has 4 amide bonds. The summed E-state index contributed by atoms with van der Waals surface area (Å²) in [5, 5.41) is 8.69. The lowest BCUT2D eigenvalue weighted by atomic mass is 9.90. The molecule has 8 nitrogen and oxygen atoms in total. The maximum Gasteiger partial charge on any atom is 0.319 e. The molecule has 9 heteroatoms. The molecule has 0 saturated carbocycles. The number of piperidine rings is 1. The van der Waals surface area contributed by atoms with E-state index in [0.717, 1.165) is 16.8 Å². The zero-order valence-electron chi connectivity index (χ0n) is 17.9. The van der Waals surface area contributed by atoms with Gasteiger partial charge < -0.3 is 20.3 Å². The van der Waals surface area contributed by atoms with Crippen molar-refractivity contribution in [3.8, 4) is 5.75 Å². The molecule has 0 radical (unpaired) electrons. The van der Waals surface area contributed by atoms with E-state index in [-0.39, 0.29) is 29.8 Å². The van der Waals surface area contributed by atoms with E-state index < -0.39 is 0 Å². The van der Waals surface area contributed by atoms with Gasteiger partial charge >= 0.3 is 6.03 Å². The van der Waals surface area contributed by atoms with Crippen molar-refractivity contribution < 1.29 is 19.1 Å².